The van der Waals surface area contributed by atoms with Crippen molar-refractivity contribution in [3.63, 3.8) is 0 Å². The van der Waals surface area contributed by atoms with Gasteiger partial charge < -0.3 is 14.8 Å². The number of fused-ring (bicyclic) bond motifs is 1. The summed E-state index contributed by atoms with van der Waals surface area (Å²) in [5.74, 6) is 0.695. The fourth-order valence-electron chi connectivity index (χ4n) is 3.54. The standard InChI is InChI=1S/C25H20N2O5S2/c28-25(24-21(12-15-33-24)17-4-2-1-3-5-17)26-18-6-8-19(9-7-18)27-34(29,30)20-10-11-22-23(16-20)32-14-13-31-22/h1-12,15-16,27H,13-14H2,(H,26,28). The summed E-state index contributed by atoms with van der Waals surface area (Å²) in [6, 6.07) is 22.6. The molecule has 1 aliphatic heterocycles. The number of sulfonamides is 1. The monoisotopic (exact) mass is 492 g/mol. The molecule has 5 rings (SSSR count). The molecule has 0 atom stereocenters. The van der Waals surface area contributed by atoms with E-state index in [0.29, 0.717) is 41.0 Å². The van der Waals surface area contributed by atoms with Gasteiger partial charge in [0, 0.05) is 23.0 Å². The summed E-state index contributed by atoms with van der Waals surface area (Å²) in [7, 11) is -3.83. The summed E-state index contributed by atoms with van der Waals surface area (Å²) < 4.78 is 39.1. The van der Waals surface area contributed by atoms with Crippen LogP contribution in [0.5, 0.6) is 11.5 Å². The molecule has 0 bridgehead atoms. The Labute approximate surface area is 201 Å². The number of amides is 1. The largest absolute Gasteiger partial charge is 0.486 e. The molecule has 0 unspecified atom stereocenters. The van der Waals surface area contributed by atoms with Gasteiger partial charge in [-0.25, -0.2) is 8.42 Å². The number of carbonyl (C=O) groups excluding carboxylic acids is 1. The highest BCUT2D eigenvalue weighted by Crippen LogP contribution is 2.33. The lowest BCUT2D eigenvalue weighted by molar-refractivity contribution is 0.103. The molecule has 0 saturated carbocycles. The Hall–Kier alpha value is -3.82. The number of carbonyl (C=O) groups is 1. The molecule has 2 heterocycles. The van der Waals surface area contributed by atoms with Gasteiger partial charge in [0.2, 0.25) is 0 Å². The van der Waals surface area contributed by atoms with Crippen LogP contribution in [-0.2, 0) is 10.0 Å². The summed E-state index contributed by atoms with van der Waals surface area (Å²) >= 11 is 1.37. The number of hydrogen-bond acceptors (Lipinski definition) is 6. The minimum Gasteiger partial charge on any atom is -0.486 e. The Morgan fingerprint density at radius 3 is 2.29 bits per heavy atom. The first-order chi connectivity index (χ1) is 16.5. The van der Waals surface area contributed by atoms with E-state index in [-0.39, 0.29) is 10.8 Å². The second kappa shape index (κ2) is 9.20. The SMILES string of the molecule is O=C(Nc1ccc(NS(=O)(=O)c2ccc3c(c2)OCCO3)cc1)c1sccc1-c1ccccc1. The molecule has 0 fully saturated rings. The van der Waals surface area contributed by atoms with E-state index >= 15 is 0 Å². The molecule has 0 aliphatic carbocycles. The Bertz CT molecular complexity index is 1430. The van der Waals surface area contributed by atoms with E-state index in [0.717, 1.165) is 11.1 Å². The summed E-state index contributed by atoms with van der Waals surface area (Å²) in [5.41, 5.74) is 2.76. The van der Waals surface area contributed by atoms with Gasteiger partial charge in [-0.2, -0.15) is 0 Å². The van der Waals surface area contributed by atoms with Crippen molar-refractivity contribution >= 4 is 38.6 Å². The molecule has 34 heavy (non-hydrogen) atoms. The van der Waals surface area contributed by atoms with Crippen molar-refractivity contribution in [1.82, 2.24) is 0 Å². The van der Waals surface area contributed by atoms with E-state index in [1.54, 1.807) is 30.3 Å². The van der Waals surface area contributed by atoms with Crippen LogP contribution >= 0.6 is 11.3 Å². The molecule has 3 aromatic carbocycles. The molecule has 0 spiro atoms. The van der Waals surface area contributed by atoms with Gasteiger partial charge >= 0.3 is 0 Å². The van der Waals surface area contributed by atoms with E-state index in [2.05, 4.69) is 10.0 Å². The van der Waals surface area contributed by atoms with Crippen LogP contribution in [0.15, 0.2) is 89.1 Å². The Morgan fingerprint density at radius 1 is 0.824 bits per heavy atom. The number of nitrogens with one attached hydrogen (secondary N) is 2. The lowest BCUT2D eigenvalue weighted by Crippen LogP contribution is -2.17. The maximum Gasteiger partial charge on any atom is 0.266 e. The van der Waals surface area contributed by atoms with Crippen molar-refractivity contribution < 1.29 is 22.7 Å². The summed E-state index contributed by atoms with van der Waals surface area (Å²) in [4.78, 5) is 13.5. The number of hydrogen-bond donors (Lipinski definition) is 2. The summed E-state index contributed by atoms with van der Waals surface area (Å²) in [6.07, 6.45) is 0. The maximum atomic E-state index is 12.9. The van der Waals surface area contributed by atoms with Crippen LogP contribution in [0, 0.1) is 0 Å². The zero-order valence-electron chi connectivity index (χ0n) is 17.9. The molecule has 2 N–H and O–H groups in total. The lowest BCUT2D eigenvalue weighted by Gasteiger charge is -2.19. The molecule has 172 valence electrons. The van der Waals surface area contributed by atoms with Crippen LogP contribution in [0.25, 0.3) is 11.1 Å². The van der Waals surface area contributed by atoms with Crippen LogP contribution in [0.1, 0.15) is 9.67 Å². The fraction of sp³-hybridized carbons (Fsp3) is 0.0800. The average molecular weight is 493 g/mol. The van der Waals surface area contributed by atoms with Crippen molar-refractivity contribution in [2.45, 2.75) is 4.90 Å². The third kappa shape index (κ3) is 4.61. The average Bonchev–Trinajstić information content (AvgIpc) is 3.36. The van der Waals surface area contributed by atoms with Crippen LogP contribution in [0.3, 0.4) is 0 Å². The Morgan fingerprint density at radius 2 is 1.53 bits per heavy atom. The van der Waals surface area contributed by atoms with Gasteiger partial charge in [0.25, 0.3) is 15.9 Å². The molecular formula is C25H20N2O5S2. The van der Waals surface area contributed by atoms with Gasteiger partial charge in [-0.3, -0.25) is 9.52 Å². The number of benzene rings is 3. The predicted molar refractivity (Wildman–Crippen MR) is 132 cm³/mol. The molecule has 1 amide bonds. The first-order valence-corrected chi connectivity index (χ1v) is 12.8. The highest BCUT2D eigenvalue weighted by Gasteiger charge is 2.20. The van der Waals surface area contributed by atoms with Crippen molar-refractivity contribution in [3.05, 3.63) is 89.1 Å². The third-order valence-electron chi connectivity index (χ3n) is 5.18. The van der Waals surface area contributed by atoms with E-state index in [1.807, 2.05) is 41.8 Å². The van der Waals surface area contributed by atoms with E-state index in [1.165, 1.54) is 23.5 Å². The first kappa shape index (κ1) is 22.0. The zero-order valence-corrected chi connectivity index (χ0v) is 19.5. The third-order valence-corrected chi connectivity index (χ3v) is 7.47. The molecule has 1 aliphatic rings. The van der Waals surface area contributed by atoms with E-state index in [4.69, 9.17) is 9.47 Å². The topological polar surface area (TPSA) is 93.7 Å². The zero-order chi connectivity index (χ0) is 23.5. The fourth-order valence-corrected chi connectivity index (χ4v) is 5.43. The predicted octanol–water partition coefficient (Wildman–Crippen LogP) is 5.24. The number of rotatable bonds is 6. The first-order valence-electron chi connectivity index (χ1n) is 10.5. The molecule has 1 aromatic heterocycles. The second-order valence-corrected chi connectivity index (χ2v) is 10.1. The Balaban J connectivity index is 1.28. The van der Waals surface area contributed by atoms with Gasteiger partial charge in [-0.15, -0.1) is 11.3 Å². The molecule has 9 heteroatoms. The molecular weight excluding hydrogens is 472 g/mol. The van der Waals surface area contributed by atoms with Crippen molar-refractivity contribution in [1.29, 1.82) is 0 Å². The highest BCUT2D eigenvalue weighted by molar-refractivity contribution is 7.92. The van der Waals surface area contributed by atoms with Gasteiger partial charge in [-0.1, -0.05) is 30.3 Å². The smallest absolute Gasteiger partial charge is 0.266 e. The quantitative estimate of drug-likeness (QED) is 0.384. The van der Waals surface area contributed by atoms with E-state index in [9.17, 15) is 13.2 Å². The highest BCUT2D eigenvalue weighted by atomic mass is 32.2. The van der Waals surface area contributed by atoms with Crippen LogP contribution in [0.2, 0.25) is 0 Å². The van der Waals surface area contributed by atoms with Gasteiger partial charge in [0.05, 0.1) is 9.77 Å². The van der Waals surface area contributed by atoms with Gasteiger partial charge in [-0.05, 0) is 53.4 Å². The van der Waals surface area contributed by atoms with Crippen molar-refractivity contribution in [2.75, 3.05) is 23.3 Å². The van der Waals surface area contributed by atoms with Crippen molar-refractivity contribution in [2.24, 2.45) is 0 Å². The number of anilines is 2. The summed E-state index contributed by atoms with van der Waals surface area (Å²) in [5, 5.41) is 4.76. The number of ether oxygens (including phenoxy) is 2. The normalized spacial score (nSPS) is 12.7. The second-order valence-electron chi connectivity index (χ2n) is 7.47. The Kier molecular flexibility index (Phi) is 5.95. The van der Waals surface area contributed by atoms with E-state index < -0.39 is 10.0 Å². The maximum absolute atomic E-state index is 12.9. The minimum atomic E-state index is -3.83. The van der Waals surface area contributed by atoms with Gasteiger partial charge in [0.15, 0.2) is 11.5 Å². The lowest BCUT2D eigenvalue weighted by atomic mass is 10.1. The molecule has 0 radical (unpaired) electrons. The summed E-state index contributed by atoms with van der Waals surface area (Å²) in [6.45, 7) is 0.801. The van der Waals surface area contributed by atoms with Gasteiger partial charge in [0.1, 0.15) is 13.2 Å². The molecule has 7 nitrogen and oxygen atoms in total. The van der Waals surface area contributed by atoms with Crippen LogP contribution in [0.4, 0.5) is 11.4 Å². The van der Waals surface area contributed by atoms with Crippen molar-refractivity contribution in [3.8, 4) is 22.6 Å². The van der Waals surface area contributed by atoms with Crippen LogP contribution < -0.4 is 19.5 Å². The molecule has 4 aromatic rings. The van der Waals surface area contributed by atoms with Crippen LogP contribution in [-0.4, -0.2) is 27.5 Å². The molecule has 0 saturated heterocycles. The minimum absolute atomic E-state index is 0.0697. The number of thiophene rings is 1.